The highest BCUT2D eigenvalue weighted by Crippen LogP contribution is 2.37. The first-order valence-corrected chi connectivity index (χ1v) is 9.64. The normalized spacial score (nSPS) is 26.2. The minimum absolute atomic E-state index is 0.317. The lowest BCUT2D eigenvalue weighted by molar-refractivity contribution is -0.130. The number of carbonyl (C=O) groups is 1. The molecule has 1 aliphatic heterocycles. The third-order valence-corrected chi connectivity index (χ3v) is 5.79. The summed E-state index contributed by atoms with van der Waals surface area (Å²) in [6.45, 7) is 6.34. The van der Waals surface area contributed by atoms with Crippen molar-refractivity contribution >= 4 is 5.91 Å². The van der Waals surface area contributed by atoms with E-state index < -0.39 is 0 Å². The highest BCUT2D eigenvalue weighted by atomic mass is 16.2. The summed E-state index contributed by atoms with van der Waals surface area (Å²) >= 11 is 0. The first-order chi connectivity index (χ1) is 11.5. The Morgan fingerprint density at radius 2 is 1.88 bits per heavy atom. The fraction of sp³-hybridized carbons (Fsp3) is 0.667. The van der Waals surface area contributed by atoms with Crippen LogP contribution < -0.4 is 5.73 Å². The van der Waals surface area contributed by atoms with Crippen LogP contribution in [0.3, 0.4) is 0 Å². The number of nitrogens with zero attached hydrogens (tertiary/aromatic N) is 1. The minimum atomic E-state index is 0.317. The molecule has 2 aliphatic rings. The summed E-state index contributed by atoms with van der Waals surface area (Å²) in [5.74, 6) is 2.24. The third-order valence-electron chi connectivity index (χ3n) is 5.79. The number of rotatable bonds is 6. The third kappa shape index (κ3) is 4.18. The molecule has 3 heteroatoms. The van der Waals surface area contributed by atoms with Gasteiger partial charge >= 0.3 is 0 Å². The number of hydrogen-bond acceptors (Lipinski definition) is 2. The van der Waals surface area contributed by atoms with E-state index in [1.165, 1.54) is 17.5 Å². The lowest BCUT2D eigenvalue weighted by Gasteiger charge is -2.18. The number of fused-ring (bicyclic) bond motifs is 1. The molecule has 0 aromatic heterocycles. The van der Waals surface area contributed by atoms with E-state index in [4.69, 9.17) is 5.73 Å². The maximum absolute atomic E-state index is 12.4. The monoisotopic (exact) mass is 328 g/mol. The number of aryl methyl sites for hydroxylation is 1. The fourth-order valence-electron chi connectivity index (χ4n) is 4.43. The molecule has 1 aromatic carbocycles. The Hall–Kier alpha value is -1.35. The smallest absolute Gasteiger partial charge is 0.222 e. The van der Waals surface area contributed by atoms with Gasteiger partial charge in [0.2, 0.25) is 5.91 Å². The van der Waals surface area contributed by atoms with Crippen LogP contribution >= 0.6 is 0 Å². The van der Waals surface area contributed by atoms with Gasteiger partial charge in [-0.3, -0.25) is 4.79 Å². The van der Waals surface area contributed by atoms with Crippen molar-refractivity contribution < 1.29 is 4.79 Å². The summed E-state index contributed by atoms with van der Waals surface area (Å²) in [5.41, 5.74) is 8.91. The molecule has 2 N–H and O–H groups in total. The highest BCUT2D eigenvalue weighted by molar-refractivity contribution is 5.76. The SMILES string of the molecule is CC(C)Cc1ccc(CCCC(=O)N2CC3CCC(N)C3C2)cc1. The van der Waals surface area contributed by atoms with Crippen LogP contribution in [0.15, 0.2) is 24.3 Å². The molecule has 1 amide bonds. The van der Waals surface area contributed by atoms with Gasteiger partial charge in [-0.25, -0.2) is 0 Å². The molecule has 3 unspecified atom stereocenters. The van der Waals surface area contributed by atoms with Crippen LogP contribution in [-0.2, 0) is 17.6 Å². The topological polar surface area (TPSA) is 46.3 Å². The van der Waals surface area contributed by atoms with Crippen LogP contribution in [0.5, 0.6) is 0 Å². The van der Waals surface area contributed by atoms with Gasteiger partial charge < -0.3 is 10.6 Å². The zero-order chi connectivity index (χ0) is 17.1. The van der Waals surface area contributed by atoms with Gasteiger partial charge in [-0.2, -0.15) is 0 Å². The summed E-state index contributed by atoms with van der Waals surface area (Å²) in [7, 11) is 0. The Balaban J connectivity index is 1.41. The Morgan fingerprint density at radius 1 is 1.17 bits per heavy atom. The molecule has 1 saturated heterocycles. The van der Waals surface area contributed by atoms with Crippen molar-refractivity contribution in [2.24, 2.45) is 23.5 Å². The van der Waals surface area contributed by atoms with E-state index in [9.17, 15) is 4.79 Å². The zero-order valence-corrected chi connectivity index (χ0v) is 15.2. The quantitative estimate of drug-likeness (QED) is 0.870. The molecular weight excluding hydrogens is 296 g/mol. The molecule has 1 heterocycles. The van der Waals surface area contributed by atoms with Crippen LogP contribution in [0, 0.1) is 17.8 Å². The molecule has 1 saturated carbocycles. The molecule has 1 aromatic rings. The first-order valence-electron chi connectivity index (χ1n) is 9.64. The number of carbonyl (C=O) groups excluding carboxylic acids is 1. The van der Waals surface area contributed by atoms with E-state index in [-0.39, 0.29) is 0 Å². The summed E-state index contributed by atoms with van der Waals surface area (Å²) in [4.78, 5) is 14.5. The number of benzene rings is 1. The molecule has 0 radical (unpaired) electrons. The second-order valence-electron chi connectivity index (χ2n) is 8.23. The number of amides is 1. The van der Waals surface area contributed by atoms with Gasteiger partial charge in [-0.05, 0) is 61.0 Å². The number of likely N-dealkylation sites (tertiary alicyclic amines) is 1. The van der Waals surface area contributed by atoms with Crippen molar-refractivity contribution in [1.82, 2.24) is 4.90 Å². The van der Waals surface area contributed by atoms with E-state index in [1.807, 2.05) is 0 Å². The maximum atomic E-state index is 12.4. The predicted octanol–water partition coefficient (Wildman–Crippen LogP) is 3.40. The van der Waals surface area contributed by atoms with E-state index in [0.717, 1.165) is 38.8 Å². The Bertz CT molecular complexity index is 551. The van der Waals surface area contributed by atoms with Crippen molar-refractivity contribution in [3.63, 3.8) is 0 Å². The van der Waals surface area contributed by atoms with Crippen LogP contribution in [0.2, 0.25) is 0 Å². The Morgan fingerprint density at radius 3 is 2.54 bits per heavy atom. The fourth-order valence-corrected chi connectivity index (χ4v) is 4.43. The van der Waals surface area contributed by atoms with Crippen LogP contribution in [-0.4, -0.2) is 29.9 Å². The van der Waals surface area contributed by atoms with E-state index >= 15 is 0 Å². The van der Waals surface area contributed by atoms with Gasteiger partial charge in [0.1, 0.15) is 0 Å². The van der Waals surface area contributed by atoms with Crippen LogP contribution in [0.25, 0.3) is 0 Å². The van der Waals surface area contributed by atoms with Gasteiger partial charge in [0.25, 0.3) is 0 Å². The molecule has 3 nitrogen and oxygen atoms in total. The zero-order valence-electron chi connectivity index (χ0n) is 15.2. The van der Waals surface area contributed by atoms with Crippen molar-refractivity contribution in [2.45, 2.75) is 58.4 Å². The van der Waals surface area contributed by atoms with Gasteiger partial charge in [0.15, 0.2) is 0 Å². The molecule has 3 atom stereocenters. The first kappa shape index (κ1) is 17.5. The molecule has 0 bridgehead atoms. The molecule has 3 rings (SSSR count). The molecule has 0 spiro atoms. The standard InChI is InChI=1S/C21H32N2O/c1-15(2)12-17-8-6-16(7-9-17)4-3-5-21(24)23-13-18-10-11-20(22)19(18)14-23/h6-9,15,18-20H,3-5,10-14,22H2,1-2H3. The lowest BCUT2D eigenvalue weighted by atomic mass is 9.98. The van der Waals surface area contributed by atoms with Crippen LogP contribution in [0.4, 0.5) is 0 Å². The molecule has 24 heavy (non-hydrogen) atoms. The predicted molar refractivity (Wildman–Crippen MR) is 98.7 cm³/mol. The van der Waals surface area contributed by atoms with Crippen molar-refractivity contribution in [3.05, 3.63) is 35.4 Å². The average molecular weight is 328 g/mol. The van der Waals surface area contributed by atoms with Gasteiger partial charge in [0, 0.05) is 25.6 Å². The lowest BCUT2D eigenvalue weighted by Crippen LogP contribution is -2.33. The summed E-state index contributed by atoms with van der Waals surface area (Å²) in [6.07, 6.45) is 6.09. The molecule has 1 aliphatic carbocycles. The minimum Gasteiger partial charge on any atom is -0.342 e. The molecule has 132 valence electrons. The van der Waals surface area contributed by atoms with E-state index in [2.05, 4.69) is 43.0 Å². The number of nitrogens with two attached hydrogens (primary N) is 1. The van der Waals surface area contributed by atoms with Gasteiger partial charge in [-0.15, -0.1) is 0 Å². The Kier molecular flexibility index (Phi) is 5.60. The highest BCUT2D eigenvalue weighted by Gasteiger charge is 2.42. The summed E-state index contributed by atoms with van der Waals surface area (Å²) < 4.78 is 0. The average Bonchev–Trinajstić information content (AvgIpc) is 3.11. The summed E-state index contributed by atoms with van der Waals surface area (Å²) in [6, 6.07) is 9.24. The van der Waals surface area contributed by atoms with E-state index in [0.29, 0.717) is 36.1 Å². The van der Waals surface area contributed by atoms with E-state index in [1.54, 1.807) is 0 Å². The van der Waals surface area contributed by atoms with Crippen molar-refractivity contribution in [1.29, 1.82) is 0 Å². The molecular formula is C21H32N2O. The second kappa shape index (κ2) is 7.69. The largest absolute Gasteiger partial charge is 0.342 e. The van der Waals surface area contributed by atoms with Gasteiger partial charge in [0.05, 0.1) is 0 Å². The second-order valence-corrected chi connectivity index (χ2v) is 8.23. The van der Waals surface area contributed by atoms with Crippen LogP contribution in [0.1, 0.15) is 50.7 Å². The van der Waals surface area contributed by atoms with Crippen molar-refractivity contribution in [2.75, 3.05) is 13.1 Å². The summed E-state index contributed by atoms with van der Waals surface area (Å²) in [5, 5.41) is 0. The maximum Gasteiger partial charge on any atom is 0.222 e. The Labute approximate surface area is 146 Å². The van der Waals surface area contributed by atoms with Crippen molar-refractivity contribution in [3.8, 4) is 0 Å². The molecule has 2 fully saturated rings. The van der Waals surface area contributed by atoms with Gasteiger partial charge in [-0.1, -0.05) is 38.1 Å². The number of hydrogen-bond donors (Lipinski definition) is 1.